The van der Waals surface area contributed by atoms with Crippen LogP contribution in [0.2, 0.25) is 0 Å². The molecule has 112 valence electrons. The van der Waals surface area contributed by atoms with Gasteiger partial charge in [-0.3, -0.25) is 9.59 Å². The van der Waals surface area contributed by atoms with Gasteiger partial charge in [-0.2, -0.15) is 0 Å². The van der Waals surface area contributed by atoms with Crippen molar-refractivity contribution in [3.63, 3.8) is 0 Å². The fourth-order valence-corrected chi connectivity index (χ4v) is 3.10. The Bertz CT molecular complexity index is 565. The van der Waals surface area contributed by atoms with Crippen LogP contribution in [0.15, 0.2) is 18.2 Å². The summed E-state index contributed by atoms with van der Waals surface area (Å²) >= 11 is 0. The predicted molar refractivity (Wildman–Crippen MR) is 81.3 cm³/mol. The van der Waals surface area contributed by atoms with Gasteiger partial charge in [-0.25, -0.2) is 0 Å². The van der Waals surface area contributed by atoms with Gasteiger partial charge in [-0.1, -0.05) is 6.07 Å². The third-order valence-corrected chi connectivity index (χ3v) is 4.32. The molecule has 0 unspecified atom stereocenters. The number of anilines is 1. The van der Waals surface area contributed by atoms with E-state index in [9.17, 15) is 9.59 Å². The second kappa shape index (κ2) is 5.85. The monoisotopic (exact) mass is 287 g/mol. The number of fused-ring (bicyclic) bond motifs is 1. The summed E-state index contributed by atoms with van der Waals surface area (Å²) in [6, 6.07) is 5.49. The van der Waals surface area contributed by atoms with E-state index in [1.807, 2.05) is 19.2 Å². The maximum atomic E-state index is 12.5. The number of carbonyl (C=O) groups is 2. The maximum Gasteiger partial charge on any atom is 0.253 e. The molecule has 0 atom stereocenters. The van der Waals surface area contributed by atoms with Gasteiger partial charge in [0.15, 0.2) is 0 Å². The van der Waals surface area contributed by atoms with Crippen LogP contribution in [0.3, 0.4) is 0 Å². The van der Waals surface area contributed by atoms with E-state index >= 15 is 0 Å². The molecule has 2 aliphatic heterocycles. The number of hydrogen-bond acceptors (Lipinski definition) is 3. The third-order valence-electron chi connectivity index (χ3n) is 4.32. The summed E-state index contributed by atoms with van der Waals surface area (Å²) in [5.74, 6) is 0.601. The molecular formula is C16H21N3O2. The molecule has 3 rings (SSSR count). The van der Waals surface area contributed by atoms with Gasteiger partial charge in [0.05, 0.1) is 6.42 Å². The van der Waals surface area contributed by atoms with Crippen molar-refractivity contribution in [2.24, 2.45) is 5.92 Å². The molecule has 2 aliphatic rings. The van der Waals surface area contributed by atoms with Gasteiger partial charge in [-0.15, -0.1) is 0 Å². The number of nitrogens with zero attached hydrogens (tertiary/aromatic N) is 1. The fraction of sp³-hybridized carbons (Fsp3) is 0.500. The number of hydrogen-bond donors (Lipinski definition) is 2. The zero-order chi connectivity index (χ0) is 14.8. The SMILES string of the molecule is CN(CC1CCNCC1)C(=O)c1ccc2c(c1)NC(=O)C2. The highest BCUT2D eigenvalue weighted by Crippen LogP contribution is 2.25. The molecule has 21 heavy (non-hydrogen) atoms. The molecule has 0 radical (unpaired) electrons. The Hall–Kier alpha value is -1.88. The Balaban J connectivity index is 1.67. The summed E-state index contributed by atoms with van der Waals surface area (Å²) in [6.07, 6.45) is 2.66. The number of carbonyl (C=O) groups excluding carboxylic acids is 2. The number of nitrogens with one attached hydrogen (secondary N) is 2. The molecular weight excluding hydrogens is 266 g/mol. The van der Waals surface area contributed by atoms with Gasteiger partial charge in [-0.05, 0) is 49.5 Å². The zero-order valence-electron chi connectivity index (χ0n) is 12.3. The molecule has 0 aromatic heterocycles. The van der Waals surface area contributed by atoms with Crippen molar-refractivity contribution in [3.05, 3.63) is 29.3 Å². The van der Waals surface area contributed by atoms with Crippen LogP contribution in [0.4, 0.5) is 5.69 Å². The van der Waals surface area contributed by atoms with Gasteiger partial charge in [0.1, 0.15) is 0 Å². The summed E-state index contributed by atoms with van der Waals surface area (Å²) in [4.78, 5) is 25.7. The lowest BCUT2D eigenvalue weighted by molar-refractivity contribution is -0.115. The normalized spacial score (nSPS) is 18.2. The number of rotatable bonds is 3. The summed E-state index contributed by atoms with van der Waals surface area (Å²) in [5, 5.41) is 6.13. The van der Waals surface area contributed by atoms with Crippen LogP contribution in [-0.2, 0) is 11.2 Å². The summed E-state index contributed by atoms with van der Waals surface area (Å²) < 4.78 is 0. The van der Waals surface area contributed by atoms with Crippen molar-refractivity contribution in [3.8, 4) is 0 Å². The van der Waals surface area contributed by atoms with Crippen LogP contribution in [-0.4, -0.2) is 43.4 Å². The molecule has 0 spiro atoms. The predicted octanol–water partition coefficient (Wildman–Crippen LogP) is 1.25. The van der Waals surface area contributed by atoms with E-state index in [2.05, 4.69) is 10.6 Å². The first-order chi connectivity index (χ1) is 10.1. The van der Waals surface area contributed by atoms with E-state index in [4.69, 9.17) is 0 Å². The van der Waals surface area contributed by atoms with Crippen LogP contribution < -0.4 is 10.6 Å². The standard InChI is InChI=1S/C16H21N3O2/c1-19(10-11-4-6-17-7-5-11)16(21)13-3-2-12-9-15(20)18-14(12)8-13/h2-3,8,11,17H,4-7,9-10H2,1H3,(H,18,20). The molecule has 2 amide bonds. The van der Waals surface area contributed by atoms with E-state index < -0.39 is 0 Å². The smallest absolute Gasteiger partial charge is 0.253 e. The third kappa shape index (κ3) is 3.08. The molecule has 1 saturated heterocycles. The van der Waals surface area contributed by atoms with Crippen molar-refractivity contribution in [2.75, 3.05) is 32.0 Å². The molecule has 1 aromatic carbocycles. The lowest BCUT2D eigenvalue weighted by Gasteiger charge is -2.27. The van der Waals surface area contributed by atoms with Crippen LogP contribution in [0.1, 0.15) is 28.8 Å². The number of piperidine rings is 1. The van der Waals surface area contributed by atoms with Crippen molar-refractivity contribution in [1.29, 1.82) is 0 Å². The van der Waals surface area contributed by atoms with Crippen LogP contribution in [0, 0.1) is 5.92 Å². The first-order valence-electron chi connectivity index (χ1n) is 7.52. The van der Waals surface area contributed by atoms with Gasteiger partial charge >= 0.3 is 0 Å². The van der Waals surface area contributed by atoms with E-state index in [0.29, 0.717) is 17.9 Å². The van der Waals surface area contributed by atoms with Crippen LogP contribution in [0.5, 0.6) is 0 Å². The topological polar surface area (TPSA) is 61.4 Å². The van der Waals surface area contributed by atoms with Crippen molar-refractivity contribution in [1.82, 2.24) is 10.2 Å². The maximum absolute atomic E-state index is 12.5. The Morgan fingerprint density at radius 1 is 1.33 bits per heavy atom. The second-order valence-corrected chi connectivity index (χ2v) is 5.98. The lowest BCUT2D eigenvalue weighted by Crippen LogP contribution is -2.37. The van der Waals surface area contributed by atoms with Crippen LogP contribution in [0.25, 0.3) is 0 Å². The Labute approximate surface area is 124 Å². The van der Waals surface area contributed by atoms with Gasteiger partial charge in [0.25, 0.3) is 5.91 Å². The minimum absolute atomic E-state index is 0.00217. The van der Waals surface area contributed by atoms with Gasteiger partial charge in [0.2, 0.25) is 5.91 Å². The molecule has 2 N–H and O–H groups in total. The van der Waals surface area contributed by atoms with E-state index in [0.717, 1.165) is 43.7 Å². The van der Waals surface area contributed by atoms with Crippen molar-refractivity contribution in [2.45, 2.75) is 19.3 Å². The molecule has 0 bridgehead atoms. The number of benzene rings is 1. The molecule has 5 nitrogen and oxygen atoms in total. The Kier molecular flexibility index (Phi) is 3.92. The quantitative estimate of drug-likeness (QED) is 0.879. The average molecular weight is 287 g/mol. The van der Waals surface area contributed by atoms with E-state index in [1.165, 1.54) is 0 Å². The molecule has 2 heterocycles. The molecule has 0 saturated carbocycles. The highest BCUT2D eigenvalue weighted by Gasteiger charge is 2.22. The largest absolute Gasteiger partial charge is 0.341 e. The zero-order valence-corrected chi connectivity index (χ0v) is 12.3. The molecule has 5 heteroatoms. The highest BCUT2D eigenvalue weighted by molar-refractivity contribution is 6.02. The molecule has 1 aromatic rings. The first-order valence-corrected chi connectivity index (χ1v) is 7.52. The summed E-state index contributed by atoms with van der Waals surface area (Å²) in [7, 11) is 1.86. The second-order valence-electron chi connectivity index (χ2n) is 5.98. The average Bonchev–Trinajstić information content (AvgIpc) is 2.86. The van der Waals surface area contributed by atoms with E-state index in [-0.39, 0.29) is 11.8 Å². The Morgan fingerprint density at radius 2 is 2.10 bits per heavy atom. The minimum atomic E-state index is -0.00217. The summed E-state index contributed by atoms with van der Waals surface area (Å²) in [5.41, 5.74) is 2.39. The summed E-state index contributed by atoms with van der Waals surface area (Å²) in [6.45, 7) is 2.87. The lowest BCUT2D eigenvalue weighted by atomic mass is 9.97. The van der Waals surface area contributed by atoms with Gasteiger partial charge < -0.3 is 15.5 Å². The molecule has 0 aliphatic carbocycles. The Morgan fingerprint density at radius 3 is 2.86 bits per heavy atom. The van der Waals surface area contributed by atoms with Gasteiger partial charge in [0, 0.05) is 24.8 Å². The fourth-order valence-electron chi connectivity index (χ4n) is 3.10. The van der Waals surface area contributed by atoms with Crippen molar-refractivity contribution >= 4 is 17.5 Å². The minimum Gasteiger partial charge on any atom is -0.341 e. The molecule has 1 fully saturated rings. The van der Waals surface area contributed by atoms with E-state index in [1.54, 1.807) is 11.0 Å². The highest BCUT2D eigenvalue weighted by atomic mass is 16.2. The number of amides is 2. The first kappa shape index (κ1) is 14.1. The van der Waals surface area contributed by atoms with Crippen LogP contribution >= 0.6 is 0 Å². The van der Waals surface area contributed by atoms with Crippen molar-refractivity contribution < 1.29 is 9.59 Å².